The minimum absolute atomic E-state index is 0.418. The van der Waals surface area contributed by atoms with E-state index in [0.29, 0.717) is 10.9 Å². The Morgan fingerprint density at radius 3 is 2.38 bits per heavy atom. The summed E-state index contributed by atoms with van der Waals surface area (Å²) in [6.07, 6.45) is 2.01. The summed E-state index contributed by atoms with van der Waals surface area (Å²) in [5.41, 5.74) is 1.75. The zero-order valence-electron chi connectivity index (χ0n) is 9.40. The van der Waals surface area contributed by atoms with E-state index in [1.807, 2.05) is 12.1 Å². The summed E-state index contributed by atoms with van der Waals surface area (Å²) in [5, 5.41) is 9.47. The van der Waals surface area contributed by atoms with Gasteiger partial charge >= 0.3 is 5.97 Å². The molecular formula is C13H15ClO2. The number of carboxylic acid groups (broad SMARTS) is 1. The number of carboxylic acids is 1. The molecule has 86 valence electrons. The van der Waals surface area contributed by atoms with Gasteiger partial charge in [0.1, 0.15) is 0 Å². The number of halogens is 1. The van der Waals surface area contributed by atoms with E-state index in [-0.39, 0.29) is 0 Å². The second kappa shape index (κ2) is 5.71. The van der Waals surface area contributed by atoms with Crippen molar-refractivity contribution in [1.82, 2.24) is 0 Å². The molecule has 0 unspecified atom stereocenters. The van der Waals surface area contributed by atoms with Crippen LogP contribution in [0.4, 0.5) is 0 Å². The Bertz CT molecular complexity index is 391. The van der Waals surface area contributed by atoms with Crippen LogP contribution in [0.3, 0.4) is 0 Å². The quantitative estimate of drug-likeness (QED) is 0.809. The summed E-state index contributed by atoms with van der Waals surface area (Å²) in [6.45, 7) is 4.12. The van der Waals surface area contributed by atoms with Crippen LogP contribution in [-0.4, -0.2) is 11.1 Å². The molecule has 0 spiro atoms. The van der Waals surface area contributed by atoms with Crippen LogP contribution >= 0.6 is 11.6 Å². The van der Waals surface area contributed by atoms with Gasteiger partial charge in [0, 0.05) is 11.1 Å². The molecule has 0 aliphatic rings. The molecule has 1 rings (SSSR count). The average Bonchev–Trinajstić information content (AvgIpc) is 2.16. The van der Waals surface area contributed by atoms with Crippen molar-refractivity contribution in [3.8, 4) is 0 Å². The number of hydrogen-bond donors (Lipinski definition) is 1. The van der Waals surface area contributed by atoms with Crippen molar-refractivity contribution in [3.05, 3.63) is 40.9 Å². The van der Waals surface area contributed by atoms with Gasteiger partial charge in [0.25, 0.3) is 0 Å². The lowest BCUT2D eigenvalue weighted by atomic mass is 9.96. The van der Waals surface area contributed by atoms with Gasteiger partial charge in [-0.1, -0.05) is 37.6 Å². The van der Waals surface area contributed by atoms with Crippen LogP contribution in [0.25, 0.3) is 5.57 Å². The van der Waals surface area contributed by atoms with Gasteiger partial charge in [0.15, 0.2) is 0 Å². The molecule has 0 atom stereocenters. The first-order valence-corrected chi connectivity index (χ1v) is 5.56. The van der Waals surface area contributed by atoms with Crippen LogP contribution < -0.4 is 0 Å². The highest BCUT2D eigenvalue weighted by atomic mass is 35.5. The highest BCUT2D eigenvalue weighted by Gasteiger charge is 2.06. The van der Waals surface area contributed by atoms with E-state index in [0.717, 1.165) is 17.6 Å². The highest BCUT2D eigenvalue weighted by molar-refractivity contribution is 6.30. The number of benzene rings is 1. The first kappa shape index (κ1) is 12.8. The van der Waals surface area contributed by atoms with E-state index >= 15 is 0 Å². The summed E-state index contributed by atoms with van der Waals surface area (Å²) < 4.78 is 0. The zero-order chi connectivity index (χ0) is 12.1. The van der Waals surface area contributed by atoms with E-state index in [1.54, 1.807) is 12.1 Å². The fourth-order valence-corrected chi connectivity index (χ4v) is 1.64. The van der Waals surface area contributed by atoms with Gasteiger partial charge in [-0.05, 0) is 35.6 Å². The minimum Gasteiger partial charge on any atom is -0.478 e. The molecule has 0 saturated heterocycles. The summed E-state index contributed by atoms with van der Waals surface area (Å²) in [5.74, 6) is -0.494. The first-order chi connectivity index (χ1) is 7.49. The summed E-state index contributed by atoms with van der Waals surface area (Å²) in [4.78, 5) is 10.7. The predicted octanol–water partition coefficient (Wildman–Crippen LogP) is 3.85. The molecule has 0 aliphatic carbocycles. The van der Waals surface area contributed by atoms with E-state index in [2.05, 4.69) is 13.8 Å². The molecule has 0 saturated carbocycles. The van der Waals surface area contributed by atoms with Crippen molar-refractivity contribution in [1.29, 1.82) is 0 Å². The first-order valence-electron chi connectivity index (χ1n) is 5.18. The van der Waals surface area contributed by atoms with Gasteiger partial charge in [0.05, 0.1) is 0 Å². The monoisotopic (exact) mass is 238 g/mol. The van der Waals surface area contributed by atoms with Crippen molar-refractivity contribution in [2.24, 2.45) is 5.92 Å². The van der Waals surface area contributed by atoms with Gasteiger partial charge in [-0.25, -0.2) is 4.79 Å². The molecule has 1 aromatic rings. The summed E-state index contributed by atoms with van der Waals surface area (Å²) in [7, 11) is 0. The average molecular weight is 239 g/mol. The minimum atomic E-state index is -0.911. The maximum absolute atomic E-state index is 10.7. The third-order valence-electron chi connectivity index (χ3n) is 2.14. The molecule has 16 heavy (non-hydrogen) atoms. The van der Waals surface area contributed by atoms with Gasteiger partial charge < -0.3 is 5.11 Å². The summed E-state index contributed by atoms with van der Waals surface area (Å²) >= 11 is 5.79. The van der Waals surface area contributed by atoms with E-state index in [9.17, 15) is 4.79 Å². The molecule has 0 radical (unpaired) electrons. The zero-order valence-corrected chi connectivity index (χ0v) is 10.2. The maximum Gasteiger partial charge on any atom is 0.328 e. The van der Waals surface area contributed by atoms with Crippen LogP contribution in [-0.2, 0) is 4.79 Å². The lowest BCUT2D eigenvalue weighted by Crippen LogP contribution is -1.96. The lowest BCUT2D eigenvalue weighted by molar-refractivity contribution is -0.131. The topological polar surface area (TPSA) is 37.3 Å². The smallest absolute Gasteiger partial charge is 0.328 e. The van der Waals surface area contributed by atoms with Gasteiger partial charge in [-0.3, -0.25) is 0 Å². The number of hydrogen-bond acceptors (Lipinski definition) is 1. The Hall–Kier alpha value is -1.28. The largest absolute Gasteiger partial charge is 0.478 e. The predicted molar refractivity (Wildman–Crippen MR) is 66.5 cm³/mol. The van der Waals surface area contributed by atoms with Crippen LogP contribution in [0.2, 0.25) is 5.02 Å². The van der Waals surface area contributed by atoms with Crippen LogP contribution in [0.1, 0.15) is 25.8 Å². The van der Waals surface area contributed by atoms with E-state index in [4.69, 9.17) is 16.7 Å². The molecule has 0 aromatic heterocycles. The number of rotatable bonds is 4. The Balaban J connectivity index is 3.01. The lowest BCUT2D eigenvalue weighted by Gasteiger charge is -2.09. The second-order valence-electron chi connectivity index (χ2n) is 4.11. The fourth-order valence-electron chi connectivity index (χ4n) is 1.51. The van der Waals surface area contributed by atoms with Crippen LogP contribution in [0.15, 0.2) is 30.3 Å². The Labute approximate surface area is 101 Å². The normalized spacial score (nSPS) is 11.9. The molecule has 0 aliphatic heterocycles. The van der Waals surface area contributed by atoms with Crippen molar-refractivity contribution >= 4 is 23.1 Å². The fraction of sp³-hybridized carbons (Fsp3) is 0.308. The van der Waals surface area contributed by atoms with Crippen molar-refractivity contribution in [2.45, 2.75) is 20.3 Å². The molecular weight excluding hydrogens is 224 g/mol. The van der Waals surface area contributed by atoms with Crippen molar-refractivity contribution in [2.75, 3.05) is 0 Å². The molecule has 2 nitrogen and oxygen atoms in total. The SMILES string of the molecule is CC(C)C/C(=C\C(=O)O)c1ccc(Cl)cc1. The van der Waals surface area contributed by atoms with Crippen LogP contribution in [0, 0.1) is 5.92 Å². The number of aliphatic carboxylic acids is 1. The standard InChI is InChI=1S/C13H15ClO2/c1-9(2)7-11(8-13(15)16)10-3-5-12(14)6-4-10/h3-6,8-9H,7H2,1-2H3,(H,15,16)/b11-8+. The van der Waals surface area contributed by atoms with E-state index < -0.39 is 5.97 Å². The van der Waals surface area contributed by atoms with Gasteiger partial charge in [-0.15, -0.1) is 0 Å². The van der Waals surface area contributed by atoms with Crippen molar-refractivity contribution in [3.63, 3.8) is 0 Å². The maximum atomic E-state index is 10.7. The highest BCUT2D eigenvalue weighted by Crippen LogP contribution is 2.23. The molecule has 0 amide bonds. The summed E-state index contributed by atoms with van der Waals surface area (Å²) in [6, 6.07) is 7.23. The Morgan fingerprint density at radius 1 is 1.38 bits per heavy atom. The third-order valence-corrected chi connectivity index (χ3v) is 2.39. The third kappa shape index (κ3) is 4.07. The van der Waals surface area contributed by atoms with E-state index in [1.165, 1.54) is 6.08 Å². The molecule has 1 N–H and O–H groups in total. The van der Waals surface area contributed by atoms with Crippen molar-refractivity contribution < 1.29 is 9.90 Å². The second-order valence-corrected chi connectivity index (χ2v) is 4.55. The Morgan fingerprint density at radius 2 is 1.94 bits per heavy atom. The number of allylic oxidation sites excluding steroid dienone is 1. The molecule has 1 aromatic carbocycles. The molecule has 0 fully saturated rings. The Kier molecular flexibility index (Phi) is 4.56. The molecule has 0 heterocycles. The number of carbonyl (C=O) groups is 1. The molecule has 3 heteroatoms. The van der Waals surface area contributed by atoms with Gasteiger partial charge in [-0.2, -0.15) is 0 Å². The van der Waals surface area contributed by atoms with Gasteiger partial charge in [0.2, 0.25) is 0 Å². The van der Waals surface area contributed by atoms with Crippen LogP contribution in [0.5, 0.6) is 0 Å². The molecule has 0 bridgehead atoms.